The summed E-state index contributed by atoms with van der Waals surface area (Å²) in [6, 6.07) is 2.53. The van der Waals surface area contributed by atoms with Crippen molar-refractivity contribution in [1.29, 1.82) is 5.26 Å². The van der Waals surface area contributed by atoms with Crippen LogP contribution in [0.5, 0.6) is 0 Å². The molecule has 1 amide bonds. The first-order valence-electron chi connectivity index (χ1n) is 5.34. The lowest BCUT2D eigenvalue weighted by molar-refractivity contribution is -0.121. The van der Waals surface area contributed by atoms with Crippen molar-refractivity contribution in [2.24, 2.45) is 0 Å². The molecule has 0 aliphatic heterocycles. The summed E-state index contributed by atoms with van der Waals surface area (Å²) < 4.78 is 0. The molecule has 15 heavy (non-hydrogen) atoms. The van der Waals surface area contributed by atoms with Crippen molar-refractivity contribution in [2.45, 2.75) is 45.7 Å². The van der Waals surface area contributed by atoms with Crippen molar-refractivity contribution in [3.63, 3.8) is 0 Å². The Kier molecular flexibility index (Phi) is 6.72. The van der Waals surface area contributed by atoms with E-state index in [1.807, 2.05) is 32.7 Å². The summed E-state index contributed by atoms with van der Waals surface area (Å²) in [6.07, 6.45) is 0.993. The fraction of sp³-hybridized carbons (Fsp3) is 0.818. The van der Waals surface area contributed by atoms with E-state index in [1.54, 1.807) is 0 Å². The quantitative estimate of drug-likeness (QED) is 0.716. The van der Waals surface area contributed by atoms with Crippen LogP contribution in [0.4, 0.5) is 0 Å². The van der Waals surface area contributed by atoms with E-state index in [2.05, 4.69) is 11.4 Å². The first-order chi connectivity index (χ1) is 6.97. The van der Waals surface area contributed by atoms with Gasteiger partial charge in [-0.15, -0.1) is 0 Å². The maximum Gasteiger partial charge on any atom is 0.221 e. The number of amides is 1. The second kappa shape index (κ2) is 7.24. The SMILES string of the molecule is CC(C)NC(=O)CCN(C)C(C)CC#N. The highest BCUT2D eigenvalue weighted by Crippen LogP contribution is 2.00. The Morgan fingerprint density at radius 3 is 2.53 bits per heavy atom. The van der Waals surface area contributed by atoms with Crippen molar-refractivity contribution in [1.82, 2.24) is 10.2 Å². The molecule has 0 heterocycles. The minimum absolute atomic E-state index is 0.0704. The van der Waals surface area contributed by atoms with Crippen molar-refractivity contribution in [3.05, 3.63) is 0 Å². The number of nitrogens with one attached hydrogen (secondary N) is 1. The summed E-state index contributed by atoms with van der Waals surface area (Å²) in [5.74, 6) is 0.0704. The maximum atomic E-state index is 11.3. The summed E-state index contributed by atoms with van der Waals surface area (Å²) in [5.41, 5.74) is 0. The minimum atomic E-state index is 0.0704. The Morgan fingerprint density at radius 1 is 1.47 bits per heavy atom. The number of rotatable bonds is 6. The Hall–Kier alpha value is -1.08. The highest BCUT2D eigenvalue weighted by atomic mass is 16.1. The zero-order chi connectivity index (χ0) is 11.8. The number of nitriles is 1. The van der Waals surface area contributed by atoms with Gasteiger partial charge in [-0.05, 0) is 27.8 Å². The molecule has 0 saturated heterocycles. The molecule has 0 aromatic carbocycles. The summed E-state index contributed by atoms with van der Waals surface area (Å²) in [6.45, 7) is 6.57. The number of nitrogens with zero attached hydrogens (tertiary/aromatic N) is 2. The zero-order valence-electron chi connectivity index (χ0n) is 10.1. The highest BCUT2D eigenvalue weighted by Gasteiger charge is 2.10. The predicted molar refractivity (Wildman–Crippen MR) is 60.2 cm³/mol. The van der Waals surface area contributed by atoms with E-state index in [9.17, 15) is 4.79 Å². The molecule has 1 unspecified atom stereocenters. The molecule has 0 radical (unpaired) electrons. The molecule has 0 rings (SSSR count). The van der Waals surface area contributed by atoms with Gasteiger partial charge in [0.05, 0.1) is 12.5 Å². The van der Waals surface area contributed by atoms with E-state index in [-0.39, 0.29) is 18.0 Å². The second-order valence-electron chi connectivity index (χ2n) is 4.16. The number of hydrogen-bond donors (Lipinski definition) is 1. The largest absolute Gasteiger partial charge is 0.354 e. The van der Waals surface area contributed by atoms with Gasteiger partial charge in [0.25, 0.3) is 0 Å². The monoisotopic (exact) mass is 211 g/mol. The Balaban J connectivity index is 3.75. The van der Waals surface area contributed by atoms with E-state index in [0.29, 0.717) is 19.4 Å². The van der Waals surface area contributed by atoms with Gasteiger partial charge in [0.2, 0.25) is 5.91 Å². The van der Waals surface area contributed by atoms with Gasteiger partial charge in [-0.25, -0.2) is 0 Å². The molecule has 4 heteroatoms. The lowest BCUT2D eigenvalue weighted by Crippen LogP contribution is -2.35. The molecule has 0 spiro atoms. The fourth-order valence-corrected chi connectivity index (χ4v) is 1.18. The molecular formula is C11H21N3O. The van der Waals surface area contributed by atoms with Gasteiger partial charge in [0.15, 0.2) is 0 Å². The van der Waals surface area contributed by atoms with Crippen LogP contribution in [0, 0.1) is 11.3 Å². The molecule has 0 aromatic heterocycles. The van der Waals surface area contributed by atoms with Crippen molar-refractivity contribution in [3.8, 4) is 6.07 Å². The zero-order valence-corrected chi connectivity index (χ0v) is 10.1. The normalized spacial score (nSPS) is 12.6. The first-order valence-corrected chi connectivity index (χ1v) is 5.34. The molecular weight excluding hydrogens is 190 g/mol. The molecule has 0 saturated carbocycles. The summed E-state index contributed by atoms with van der Waals surface area (Å²) >= 11 is 0. The van der Waals surface area contributed by atoms with Crippen LogP contribution in [0.15, 0.2) is 0 Å². The predicted octanol–water partition coefficient (Wildman–Crippen LogP) is 1.14. The van der Waals surface area contributed by atoms with Crippen molar-refractivity contribution < 1.29 is 4.79 Å². The van der Waals surface area contributed by atoms with E-state index in [1.165, 1.54) is 0 Å². The van der Waals surface area contributed by atoms with Crippen LogP contribution in [0.1, 0.15) is 33.6 Å². The van der Waals surface area contributed by atoms with Crippen molar-refractivity contribution >= 4 is 5.91 Å². The number of carbonyl (C=O) groups excluding carboxylic acids is 1. The molecule has 0 bridgehead atoms. The molecule has 0 fully saturated rings. The third kappa shape index (κ3) is 6.92. The van der Waals surface area contributed by atoms with Crippen LogP contribution in [-0.4, -0.2) is 36.5 Å². The summed E-state index contributed by atoms with van der Waals surface area (Å²) in [5, 5.41) is 11.4. The fourth-order valence-electron chi connectivity index (χ4n) is 1.18. The topological polar surface area (TPSA) is 56.1 Å². The van der Waals surface area contributed by atoms with Crippen LogP contribution in [0.2, 0.25) is 0 Å². The van der Waals surface area contributed by atoms with E-state index < -0.39 is 0 Å². The molecule has 1 N–H and O–H groups in total. The highest BCUT2D eigenvalue weighted by molar-refractivity contribution is 5.76. The first kappa shape index (κ1) is 13.9. The lowest BCUT2D eigenvalue weighted by atomic mass is 10.2. The van der Waals surface area contributed by atoms with Gasteiger partial charge in [-0.1, -0.05) is 0 Å². The Labute approximate surface area is 92.3 Å². The van der Waals surface area contributed by atoms with Crippen molar-refractivity contribution in [2.75, 3.05) is 13.6 Å². The smallest absolute Gasteiger partial charge is 0.221 e. The van der Waals surface area contributed by atoms with E-state index in [0.717, 1.165) is 0 Å². The number of carbonyl (C=O) groups is 1. The van der Waals surface area contributed by atoms with Gasteiger partial charge < -0.3 is 10.2 Å². The van der Waals surface area contributed by atoms with Gasteiger partial charge in [0.1, 0.15) is 0 Å². The standard InChI is InChI=1S/C11H21N3O/c1-9(2)13-11(15)6-8-14(4)10(3)5-7-12/h9-10H,5-6,8H2,1-4H3,(H,13,15). The second-order valence-corrected chi connectivity index (χ2v) is 4.16. The summed E-state index contributed by atoms with van der Waals surface area (Å²) in [4.78, 5) is 13.4. The lowest BCUT2D eigenvalue weighted by Gasteiger charge is -2.22. The molecule has 4 nitrogen and oxygen atoms in total. The Morgan fingerprint density at radius 2 is 2.07 bits per heavy atom. The van der Waals surface area contributed by atoms with Gasteiger partial charge >= 0.3 is 0 Å². The van der Waals surface area contributed by atoms with E-state index >= 15 is 0 Å². The molecule has 1 atom stereocenters. The third-order valence-electron chi connectivity index (χ3n) is 2.28. The van der Waals surface area contributed by atoms with Gasteiger partial charge in [-0.3, -0.25) is 4.79 Å². The average molecular weight is 211 g/mol. The van der Waals surface area contributed by atoms with Gasteiger partial charge in [-0.2, -0.15) is 5.26 Å². The van der Waals surface area contributed by atoms with Crippen LogP contribution >= 0.6 is 0 Å². The Bertz CT molecular complexity index is 232. The van der Waals surface area contributed by atoms with Crippen LogP contribution < -0.4 is 5.32 Å². The molecule has 86 valence electrons. The number of hydrogen-bond acceptors (Lipinski definition) is 3. The molecule has 0 aliphatic rings. The van der Waals surface area contributed by atoms with Crippen LogP contribution in [-0.2, 0) is 4.79 Å². The molecule has 0 aliphatic carbocycles. The minimum Gasteiger partial charge on any atom is -0.354 e. The van der Waals surface area contributed by atoms with Gasteiger partial charge in [0, 0.05) is 25.0 Å². The van der Waals surface area contributed by atoms with E-state index in [4.69, 9.17) is 5.26 Å². The van der Waals surface area contributed by atoms with Crippen LogP contribution in [0.3, 0.4) is 0 Å². The maximum absolute atomic E-state index is 11.3. The molecule has 0 aromatic rings. The third-order valence-corrected chi connectivity index (χ3v) is 2.28. The summed E-state index contributed by atoms with van der Waals surface area (Å²) in [7, 11) is 1.94. The van der Waals surface area contributed by atoms with Crippen LogP contribution in [0.25, 0.3) is 0 Å². The average Bonchev–Trinajstić information content (AvgIpc) is 2.13.